The Bertz CT molecular complexity index is 1730. The van der Waals surface area contributed by atoms with E-state index in [1.165, 1.54) is 13.0 Å². The topological polar surface area (TPSA) is 79.6 Å². The van der Waals surface area contributed by atoms with Crippen LogP contribution in [0.1, 0.15) is 90.4 Å². The number of rotatable bonds is 13. The van der Waals surface area contributed by atoms with E-state index in [1.54, 1.807) is 27.7 Å². The Kier molecular flexibility index (Phi) is 11.3. The Morgan fingerprint density at radius 1 is 0.917 bits per heavy atom. The minimum Gasteiger partial charge on any atom is -0.481 e. The van der Waals surface area contributed by atoms with Crippen molar-refractivity contribution in [2.75, 3.05) is 19.6 Å². The SMILES string of the molecule is Cc1cc(C)c(-c2cc(C)c(F)c([C@H](CC(=O)O)CC(=O)C(CC(C)C)n3cc(CCN4CCC4)c(C(F)(F)F)cc3=O)c2F)c(C)c1. The van der Waals surface area contributed by atoms with Crippen molar-refractivity contribution in [2.24, 2.45) is 5.92 Å². The fraction of sp³-hybridized carbons (Fsp3) is 0.486. The number of hydrogen-bond acceptors (Lipinski definition) is 4. The minimum atomic E-state index is -4.79. The molecule has 3 aromatic rings. The number of benzene rings is 2. The van der Waals surface area contributed by atoms with Crippen LogP contribution < -0.4 is 5.56 Å². The molecule has 1 saturated heterocycles. The zero-order valence-corrected chi connectivity index (χ0v) is 28.2. The van der Waals surface area contributed by atoms with Crippen LogP contribution in [0.3, 0.4) is 0 Å². The second-order valence-corrected chi connectivity index (χ2v) is 13.6. The van der Waals surface area contributed by atoms with Crippen molar-refractivity contribution in [3.8, 4) is 11.1 Å². The highest BCUT2D eigenvalue weighted by Gasteiger charge is 2.37. The molecule has 2 aromatic carbocycles. The van der Waals surface area contributed by atoms with Gasteiger partial charge in [0.15, 0.2) is 5.78 Å². The van der Waals surface area contributed by atoms with E-state index >= 15 is 8.78 Å². The second-order valence-electron chi connectivity index (χ2n) is 13.6. The van der Waals surface area contributed by atoms with Crippen LogP contribution in [0, 0.1) is 45.2 Å². The molecule has 48 heavy (non-hydrogen) atoms. The molecule has 1 aliphatic rings. The Balaban J connectivity index is 1.81. The molecule has 260 valence electrons. The van der Waals surface area contributed by atoms with E-state index in [4.69, 9.17) is 0 Å². The number of carbonyl (C=O) groups is 2. The molecule has 1 aliphatic heterocycles. The van der Waals surface area contributed by atoms with Gasteiger partial charge in [0.05, 0.1) is 18.0 Å². The summed E-state index contributed by atoms with van der Waals surface area (Å²) in [6.45, 7) is 12.3. The molecule has 0 radical (unpaired) electrons. The molecule has 0 amide bonds. The fourth-order valence-electron chi connectivity index (χ4n) is 6.84. The van der Waals surface area contributed by atoms with Gasteiger partial charge in [-0.15, -0.1) is 0 Å². The standard InChI is InChI=1S/C37H43F5N2O4/c1-20(2)12-29(44-19-25(8-11-43-9-7-10-43)28(18-31(44)46)37(40,41)42)30(45)16-26(17-32(47)48)34-35(38)24(6)15-27(36(34)39)33-22(4)13-21(3)14-23(33)5/h13-15,18-20,26,29H,7-12,16-17H2,1-6H3,(H,47,48)/t26-,29?/m0/s1. The van der Waals surface area contributed by atoms with Crippen LogP contribution in [0.5, 0.6) is 0 Å². The van der Waals surface area contributed by atoms with Gasteiger partial charge in [0.25, 0.3) is 5.56 Å². The van der Waals surface area contributed by atoms with E-state index in [0.717, 1.165) is 47.0 Å². The largest absolute Gasteiger partial charge is 0.481 e. The zero-order chi connectivity index (χ0) is 35.7. The van der Waals surface area contributed by atoms with Gasteiger partial charge in [-0.3, -0.25) is 14.4 Å². The fourth-order valence-corrected chi connectivity index (χ4v) is 6.84. The summed E-state index contributed by atoms with van der Waals surface area (Å²) in [5.41, 5.74) is 0.296. The van der Waals surface area contributed by atoms with E-state index in [1.807, 2.05) is 24.0 Å². The summed E-state index contributed by atoms with van der Waals surface area (Å²) < 4.78 is 75.4. The number of halogens is 5. The van der Waals surface area contributed by atoms with E-state index in [9.17, 15) is 32.7 Å². The highest BCUT2D eigenvalue weighted by atomic mass is 19.4. The number of pyridine rings is 1. The Hall–Kier alpha value is -3.86. The van der Waals surface area contributed by atoms with Gasteiger partial charge in [-0.1, -0.05) is 31.5 Å². The third-order valence-corrected chi connectivity index (χ3v) is 9.16. The highest BCUT2D eigenvalue weighted by molar-refractivity contribution is 5.84. The molecule has 0 spiro atoms. The number of carbonyl (C=O) groups excluding carboxylic acids is 1. The Morgan fingerprint density at radius 3 is 2.06 bits per heavy atom. The number of carboxylic acids is 1. The van der Waals surface area contributed by atoms with Crippen molar-refractivity contribution in [2.45, 2.75) is 91.8 Å². The molecule has 1 aromatic heterocycles. The lowest BCUT2D eigenvalue weighted by Crippen LogP contribution is -2.39. The third-order valence-electron chi connectivity index (χ3n) is 9.16. The van der Waals surface area contributed by atoms with Crippen LogP contribution in [-0.4, -0.2) is 46.0 Å². The maximum atomic E-state index is 16.5. The van der Waals surface area contributed by atoms with Crippen LogP contribution in [-0.2, 0) is 22.2 Å². The summed E-state index contributed by atoms with van der Waals surface area (Å²) in [5, 5.41) is 9.81. The average molecular weight is 675 g/mol. The van der Waals surface area contributed by atoms with Crippen molar-refractivity contribution >= 4 is 11.8 Å². The summed E-state index contributed by atoms with van der Waals surface area (Å²) >= 11 is 0. The van der Waals surface area contributed by atoms with Gasteiger partial charge in [-0.05, 0) is 99.8 Å². The average Bonchev–Trinajstić information content (AvgIpc) is 2.92. The quantitative estimate of drug-likeness (QED) is 0.186. The molecular formula is C37H43F5N2O4. The van der Waals surface area contributed by atoms with Crippen molar-refractivity contribution in [3.05, 3.63) is 91.4 Å². The van der Waals surface area contributed by atoms with E-state index in [2.05, 4.69) is 0 Å². The predicted octanol–water partition coefficient (Wildman–Crippen LogP) is 8.10. The normalized spacial score (nSPS) is 15.0. The molecule has 2 heterocycles. The summed E-state index contributed by atoms with van der Waals surface area (Å²) in [6.07, 6.45) is -4.16. The second kappa shape index (κ2) is 14.7. The number of alkyl halides is 3. The Morgan fingerprint density at radius 2 is 1.54 bits per heavy atom. The highest BCUT2D eigenvalue weighted by Crippen LogP contribution is 2.40. The first-order valence-electron chi connectivity index (χ1n) is 16.2. The number of aliphatic carboxylic acids is 1. The summed E-state index contributed by atoms with van der Waals surface area (Å²) in [4.78, 5) is 41.4. The van der Waals surface area contributed by atoms with Crippen LogP contribution in [0.2, 0.25) is 0 Å². The van der Waals surface area contributed by atoms with Gasteiger partial charge >= 0.3 is 12.1 Å². The number of likely N-dealkylation sites (tertiary alicyclic amines) is 1. The molecule has 2 atom stereocenters. The molecule has 11 heteroatoms. The monoisotopic (exact) mass is 674 g/mol. The van der Waals surface area contributed by atoms with Gasteiger partial charge in [0.1, 0.15) is 11.6 Å². The first kappa shape index (κ1) is 37.0. The van der Waals surface area contributed by atoms with Crippen molar-refractivity contribution in [1.29, 1.82) is 0 Å². The van der Waals surface area contributed by atoms with Crippen molar-refractivity contribution in [1.82, 2.24) is 9.47 Å². The van der Waals surface area contributed by atoms with E-state index < -0.39 is 71.1 Å². The molecular weight excluding hydrogens is 631 g/mol. The van der Waals surface area contributed by atoms with Gasteiger partial charge in [0.2, 0.25) is 0 Å². The molecule has 1 unspecified atom stereocenters. The molecule has 0 saturated carbocycles. The first-order valence-corrected chi connectivity index (χ1v) is 16.2. The molecule has 4 rings (SSSR count). The van der Waals surface area contributed by atoms with Crippen LogP contribution >= 0.6 is 0 Å². The number of carboxylic acid groups (broad SMARTS) is 1. The van der Waals surface area contributed by atoms with E-state index in [-0.39, 0.29) is 35.4 Å². The number of hydrogen-bond donors (Lipinski definition) is 1. The molecule has 0 aliphatic carbocycles. The van der Waals surface area contributed by atoms with Gasteiger partial charge in [0, 0.05) is 42.3 Å². The number of aryl methyl sites for hydroxylation is 4. The van der Waals surface area contributed by atoms with Crippen LogP contribution in [0.4, 0.5) is 22.0 Å². The van der Waals surface area contributed by atoms with Gasteiger partial charge < -0.3 is 14.6 Å². The lowest BCUT2D eigenvalue weighted by Gasteiger charge is -2.31. The molecule has 0 bridgehead atoms. The minimum absolute atomic E-state index is 0.000310. The number of aromatic nitrogens is 1. The first-order chi connectivity index (χ1) is 22.4. The molecule has 6 nitrogen and oxygen atoms in total. The van der Waals surface area contributed by atoms with Gasteiger partial charge in [-0.25, -0.2) is 8.78 Å². The van der Waals surface area contributed by atoms with Gasteiger partial charge in [-0.2, -0.15) is 13.2 Å². The summed E-state index contributed by atoms with van der Waals surface area (Å²) in [7, 11) is 0. The number of nitrogens with zero attached hydrogens (tertiary/aromatic N) is 2. The molecule has 1 fully saturated rings. The van der Waals surface area contributed by atoms with Crippen LogP contribution in [0.15, 0.2) is 35.3 Å². The lowest BCUT2D eigenvalue weighted by molar-refractivity contribution is -0.139. The maximum Gasteiger partial charge on any atom is 0.416 e. The van der Waals surface area contributed by atoms with Crippen molar-refractivity contribution in [3.63, 3.8) is 0 Å². The number of Topliss-reactive ketones (excluding diaryl/α,β-unsaturated/α-hetero) is 1. The van der Waals surface area contributed by atoms with Crippen LogP contribution in [0.25, 0.3) is 11.1 Å². The summed E-state index contributed by atoms with van der Waals surface area (Å²) in [5.74, 6) is -5.70. The number of ketones is 1. The lowest BCUT2D eigenvalue weighted by atomic mass is 9.83. The third kappa shape index (κ3) is 8.22. The summed E-state index contributed by atoms with van der Waals surface area (Å²) in [6, 6.07) is 4.29. The van der Waals surface area contributed by atoms with E-state index in [0.29, 0.717) is 18.2 Å². The predicted molar refractivity (Wildman–Crippen MR) is 174 cm³/mol. The van der Waals surface area contributed by atoms with Crippen molar-refractivity contribution < 1.29 is 36.6 Å². The maximum absolute atomic E-state index is 16.5. The zero-order valence-electron chi connectivity index (χ0n) is 28.2. The molecule has 1 N–H and O–H groups in total. The smallest absolute Gasteiger partial charge is 0.416 e. The Labute approximate surface area is 277 Å².